The van der Waals surface area contributed by atoms with Crippen LogP contribution in [0.2, 0.25) is 48.8 Å². The van der Waals surface area contributed by atoms with Crippen LogP contribution >= 0.6 is 11.6 Å². The Balaban J connectivity index is 1.27. The fourth-order valence-corrected chi connectivity index (χ4v) is 8.70. The zero-order valence-corrected chi connectivity index (χ0v) is 33.0. The first kappa shape index (κ1) is 35.8. The summed E-state index contributed by atoms with van der Waals surface area (Å²) < 4.78 is 40.1. The largest absolute Gasteiger partial charge is 0.470 e. The number of pyridine rings is 1. The highest BCUT2D eigenvalue weighted by molar-refractivity contribution is 6.76. The topological polar surface area (TPSA) is 76.4 Å². The Morgan fingerprint density at radius 2 is 1.60 bits per heavy atom. The fourth-order valence-electron chi connectivity index (χ4n) is 6.39. The Morgan fingerprint density at radius 3 is 2.25 bits per heavy atom. The van der Waals surface area contributed by atoms with Gasteiger partial charge in [0.1, 0.15) is 18.9 Å². The molecule has 5 heterocycles. The minimum atomic E-state index is -1.99. The summed E-state index contributed by atoms with van der Waals surface area (Å²) in [4.78, 5) is 7.46. The third kappa shape index (κ3) is 7.53. The second kappa shape index (κ2) is 14.0. The van der Waals surface area contributed by atoms with E-state index in [2.05, 4.69) is 94.2 Å². The summed E-state index contributed by atoms with van der Waals surface area (Å²) in [6.45, 7) is 25.7. The maximum Gasteiger partial charge on any atom is 0.198 e. The van der Waals surface area contributed by atoms with Crippen LogP contribution < -0.4 is 9.64 Å². The molecule has 0 spiro atoms. The molecule has 12 heteroatoms. The molecule has 0 bridgehead atoms. The van der Waals surface area contributed by atoms with E-state index in [9.17, 15) is 0 Å². The highest BCUT2D eigenvalue weighted by Crippen LogP contribution is 2.42. The monoisotopic (exact) mass is 715 g/mol. The molecule has 0 saturated carbocycles. The summed E-state index contributed by atoms with van der Waals surface area (Å²) in [7, 11) is -3.25. The molecule has 264 valence electrons. The van der Waals surface area contributed by atoms with Crippen LogP contribution in [0.1, 0.15) is 26.3 Å². The van der Waals surface area contributed by atoms with Crippen molar-refractivity contribution >= 4 is 44.7 Å². The van der Waals surface area contributed by atoms with Gasteiger partial charge in [0.15, 0.2) is 20.3 Å². The number of benzene rings is 1. The summed E-state index contributed by atoms with van der Waals surface area (Å²) in [5.41, 5.74) is 5.58. The third-order valence-electron chi connectivity index (χ3n) is 10.4. The minimum absolute atomic E-state index is 0.0971. The molecule has 9 nitrogen and oxygen atoms in total. The van der Waals surface area contributed by atoms with E-state index in [1.54, 1.807) is 0 Å². The van der Waals surface area contributed by atoms with Crippen LogP contribution in [0.4, 0.5) is 5.69 Å². The number of anilines is 1. The molecule has 3 aliphatic rings. The van der Waals surface area contributed by atoms with Crippen LogP contribution in [0.5, 0.6) is 5.88 Å². The average molecular weight is 716 g/mol. The van der Waals surface area contributed by atoms with E-state index in [1.165, 1.54) is 5.69 Å². The van der Waals surface area contributed by atoms with Gasteiger partial charge in [-0.15, -0.1) is 0 Å². The van der Waals surface area contributed by atoms with Crippen molar-refractivity contribution in [3.63, 3.8) is 0 Å². The molecule has 0 radical (unpaired) electrons. The molecule has 0 aliphatic carbocycles. The normalized spacial score (nSPS) is 23.7. The Hall–Kier alpha value is -1.97. The number of nitrogens with zero attached hydrogens (tertiary/aromatic N) is 3. The van der Waals surface area contributed by atoms with Crippen molar-refractivity contribution in [2.75, 3.05) is 51.0 Å². The number of aryl methyl sites for hydroxylation is 1. The number of halogens is 1. The molecular formula is C36H54ClN3O6Si2. The molecule has 2 aromatic heterocycles. The number of hydrogen-bond donors (Lipinski definition) is 0. The van der Waals surface area contributed by atoms with Crippen LogP contribution in [0.15, 0.2) is 30.3 Å². The van der Waals surface area contributed by atoms with Gasteiger partial charge < -0.3 is 33.0 Å². The van der Waals surface area contributed by atoms with Crippen molar-refractivity contribution in [2.45, 2.75) is 103 Å². The van der Waals surface area contributed by atoms with Gasteiger partial charge in [-0.25, -0.2) is 4.98 Å². The van der Waals surface area contributed by atoms with Gasteiger partial charge >= 0.3 is 0 Å². The number of hydrogen-bond acceptors (Lipinski definition) is 8. The maximum atomic E-state index is 7.11. The SMILES string of the molecule is Cc1c(Cl)c(-c2ccc(N3CCOCC3)cc2)nc2cc(O[C@@H]3CO[C@H]4[C@@H]3OC[C@H]4O[Si](C)(C)C(C)(C)C)n(COCC[Si](C)(C)C)c12. The van der Waals surface area contributed by atoms with E-state index < -0.39 is 16.4 Å². The lowest BCUT2D eigenvalue weighted by Crippen LogP contribution is -2.47. The third-order valence-corrected chi connectivity index (χ3v) is 17.1. The molecule has 48 heavy (non-hydrogen) atoms. The van der Waals surface area contributed by atoms with Crippen LogP contribution in [-0.2, 0) is 30.1 Å². The van der Waals surface area contributed by atoms with Crippen molar-refractivity contribution in [3.8, 4) is 17.1 Å². The molecule has 0 N–H and O–H groups in total. The zero-order chi connectivity index (χ0) is 34.4. The van der Waals surface area contributed by atoms with E-state index in [4.69, 9.17) is 44.7 Å². The highest BCUT2D eigenvalue weighted by Gasteiger charge is 2.52. The lowest BCUT2D eigenvalue weighted by Gasteiger charge is -2.39. The molecular weight excluding hydrogens is 662 g/mol. The van der Waals surface area contributed by atoms with Crippen molar-refractivity contribution in [1.29, 1.82) is 0 Å². The molecule has 0 unspecified atom stereocenters. The molecule has 1 aromatic carbocycles. The molecule has 3 fully saturated rings. The van der Waals surface area contributed by atoms with Crippen LogP contribution in [0, 0.1) is 6.92 Å². The van der Waals surface area contributed by atoms with Gasteiger partial charge in [-0.1, -0.05) is 64.1 Å². The summed E-state index contributed by atoms with van der Waals surface area (Å²) in [5.74, 6) is 0.677. The van der Waals surface area contributed by atoms with Crippen LogP contribution in [0.25, 0.3) is 22.3 Å². The molecule has 0 amide bonds. The lowest BCUT2D eigenvalue weighted by atomic mass is 10.1. The maximum absolute atomic E-state index is 7.11. The first-order chi connectivity index (χ1) is 22.6. The molecule has 3 aliphatic heterocycles. The molecule has 6 rings (SSSR count). The van der Waals surface area contributed by atoms with Crippen LogP contribution in [0.3, 0.4) is 0 Å². The highest BCUT2D eigenvalue weighted by atomic mass is 35.5. The van der Waals surface area contributed by atoms with Gasteiger partial charge in [0.05, 0.1) is 54.3 Å². The van der Waals surface area contributed by atoms with E-state index in [0.29, 0.717) is 37.5 Å². The van der Waals surface area contributed by atoms with E-state index >= 15 is 0 Å². The van der Waals surface area contributed by atoms with Gasteiger partial charge in [-0.05, 0) is 48.8 Å². The second-order valence-electron chi connectivity index (χ2n) is 16.2. The molecule has 4 atom stereocenters. The summed E-state index contributed by atoms with van der Waals surface area (Å²) in [6.07, 6.45) is -0.746. The summed E-state index contributed by atoms with van der Waals surface area (Å²) in [6, 6.07) is 11.6. The lowest BCUT2D eigenvalue weighted by molar-refractivity contribution is 0.00859. The van der Waals surface area contributed by atoms with Crippen molar-refractivity contribution < 1.29 is 28.1 Å². The first-order valence-electron chi connectivity index (χ1n) is 17.4. The number of ether oxygens (including phenoxy) is 5. The number of fused-ring (bicyclic) bond motifs is 2. The van der Waals surface area contributed by atoms with Gasteiger partial charge in [0.2, 0.25) is 0 Å². The quantitative estimate of drug-likeness (QED) is 0.147. The van der Waals surface area contributed by atoms with Crippen molar-refractivity contribution in [3.05, 3.63) is 40.9 Å². The van der Waals surface area contributed by atoms with Crippen molar-refractivity contribution in [1.82, 2.24) is 9.55 Å². The predicted octanol–water partition coefficient (Wildman–Crippen LogP) is 7.75. The predicted molar refractivity (Wildman–Crippen MR) is 198 cm³/mol. The minimum Gasteiger partial charge on any atom is -0.470 e. The molecule has 3 aromatic rings. The average Bonchev–Trinajstić information content (AvgIpc) is 3.71. The van der Waals surface area contributed by atoms with Crippen molar-refractivity contribution in [2.24, 2.45) is 0 Å². The first-order valence-corrected chi connectivity index (χ1v) is 24.4. The van der Waals surface area contributed by atoms with Crippen LogP contribution in [-0.4, -0.2) is 96.5 Å². The van der Waals surface area contributed by atoms with Gasteiger partial charge in [0.25, 0.3) is 0 Å². The van der Waals surface area contributed by atoms with E-state index in [0.717, 1.165) is 60.2 Å². The van der Waals surface area contributed by atoms with Gasteiger partial charge in [-0.3, -0.25) is 4.57 Å². The summed E-state index contributed by atoms with van der Waals surface area (Å²) >= 11 is 7.11. The fraction of sp³-hybridized carbons (Fsp3) is 0.639. The standard InChI is InChI=1S/C36H54ClN3O6Si2/c1-24-31(37)32(25-10-12-26(13-11-25)39-14-16-41-17-15-39)38-27-20-30(40(33(24)27)23-42-18-19-47(5,6)7)45-28-21-43-35-29(22-44-34(28)35)46-48(8,9)36(2,3)4/h10-13,20,28-29,34-35H,14-19,21-23H2,1-9H3/t28-,29-,34-,35-/m1/s1. The Kier molecular flexibility index (Phi) is 10.4. The zero-order valence-electron chi connectivity index (χ0n) is 30.2. The van der Waals surface area contributed by atoms with E-state index in [1.807, 2.05) is 6.07 Å². The Bertz CT molecular complexity index is 1580. The number of aromatic nitrogens is 2. The van der Waals surface area contributed by atoms with Gasteiger partial charge in [0, 0.05) is 45.1 Å². The smallest absolute Gasteiger partial charge is 0.198 e. The van der Waals surface area contributed by atoms with Gasteiger partial charge in [-0.2, -0.15) is 0 Å². The molecule has 3 saturated heterocycles. The Morgan fingerprint density at radius 1 is 0.958 bits per heavy atom. The number of rotatable bonds is 11. The van der Waals surface area contributed by atoms with E-state index in [-0.39, 0.29) is 29.5 Å². The summed E-state index contributed by atoms with van der Waals surface area (Å²) in [5, 5.41) is 0.731. The second-order valence-corrected chi connectivity index (χ2v) is 27.0. The number of morpholine rings is 1. The Labute approximate surface area is 293 Å².